The Bertz CT molecular complexity index is 440. The molecule has 0 unspecified atom stereocenters. The number of nitrogen functional groups attached to an aromatic ring is 1. The number of aromatic nitrogens is 1. The van der Waals surface area contributed by atoms with Crippen LogP contribution in [0.3, 0.4) is 0 Å². The number of pyridine rings is 1. The van der Waals surface area contributed by atoms with Crippen LogP contribution in [0.1, 0.15) is 18.4 Å². The fraction of sp³-hybridized carbons (Fsp3) is 0.538. The maximum absolute atomic E-state index is 11.5. The molecule has 2 rings (SSSR count). The predicted molar refractivity (Wildman–Crippen MR) is 70.3 cm³/mol. The Balaban J connectivity index is 2.03. The van der Waals surface area contributed by atoms with Crippen molar-refractivity contribution in [2.24, 2.45) is 5.92 Å². The standard InChI is InChI=1S/C13H19N3O2/c1-9-7-12(14)15-8-11(9)16-5-3-10(4-6-16)13(17)18-2/h7-8,10H,3-6H2,1-2H3,(H2,14,15). The van der Waals surface area contributed by atoms with Gasteiger partial charge < -0.3 is 15.4 Å². The fourth-order valence-corrected chi connectivity index (χ4v) is 2.42. The zero-order chi connectivity index (χ0) is 13.1. The molecule has 0 radical (unpaired) electrons. The Hall–Kier alpha value is -1.78. The number of nitrogens with zero attached hydrogens (tertiary/aromatic N) is 2. The number of rotatable bonds is 2. The molecular weight excluding hydrogens is 230 g/mol. The Kier molecular flexibility index (Phi) is 3.69. The summed E-state index contributed by atoms with van der Waals surface area (Å²) >= 11 is 0. The highest BCUT2D eigenvalue weighted by atomic mass is 16.5. The van der Waals surface area contributed by atoms with Gasteiger partial charge in [0.2, 0.25) is 0 Å². The molecule has 1 saturated heterocycles. The van der Waals surface area contributed by atoms with Crippen molar-refractivity contribution in [2.45, 2.75) is 19.8 Å². The molecule has 0 aliphatic carbocycles. The first-order valence-electron chi connectivity index (χ1n) is 6.16. The second kappa shape index (κ2) is 5.25. The van der Waals surface area contributed by atoms with E-state index in [9.17, 15) is 4.79 Å². The molecule has 0 amide bonds. The third kappa shape index (κ3) is 2.55. The van der Waals surface area contributed by atoms with Gasteiger partial charge in [0, 0.05) is 13.1 Å². The highest BCUT2D eigenvalue weighted by molar-refractivity contribution is 5.72. The maximum Gasteiger partial charge on any atom is 0.308 e. The van der Waals surface area contributed by atoms with Crippen molar-refractivity contribution >= 4 is 17.5 Å². The molecule has 1 aromatic rings. The van der Waals surface area contributed by atoms with Gasteiger partial charge in [0.25, 0.3) is 0 Å². The molecule has 18 heavy (non-hydrogen) atoms. The van der Waals surface area contributed by atoms with Crippen LogP contribution in [0.2, 0.25) is 0 Å². The van der Waals surface area contributed by atoms with Gasteiger partial charge in [0.15, 0.2) is 0 Å². The molecule has 0 spiro atoms. The van der Waals surface area contributed by atoms with Gasteiger partial charge in [-0.2, -0.15) is 0 Å². The first-order chi connectivity index (χ1) is 8.61. The summed E-state index contributed by atoms with van der Waals surface area (Å²) in [6, 6.07) is 1.88. The van der Waals surface area contributed by atoms with Crippen molar-refractivity contribution < 1.29 is 9.53 Å². The second-order valence-corrected chi connectivity index (χ2v) is 4.68. The molecule has 0 bridgehead atoms. The van der Waals surface area contributed by atoms with Gasteiger partial charge in [0.1, 0.15) is 5.82 Å². The summed E-state index contributed by atoms with van der Waals surface area (Å²) in [7, 11) is 1.45. The zero-order valence-electron chi connectivity index (χ0n) is 10.8. The van der Waals surface area contributed by atoms with Gasteiger partial charge in [-0.25, -0.2) is 4.98 Å². The number of aryl methyl sites for hydroxylation is 1. The van der Waals surface area contributed by atoms with E-state index in [-0.39, 0.29) is 11.9 Å². The Morgan fingerprint density at radius 3 is 2.72 bits per heavy atom. The summed E-state index contributed by atoms with van der Waals surface area (Å²) in [6.45, 7) is 3.73. The normalized spacial score (nSPS) is 16.7. The van der Waals surface area contributed by atoms with E-state index in [0.29, 0.717) is 5.82 Å². The maximum atomic E-state index is 11.5. The third-order valence-corrected chi connectivity index (χ3v) is 3.47. The van der Waals surface area contributed by atoms with Crippen LogP contribution in [0.5, 0.6) is 0 Å². The average Bonchev–Trinajstić information content (AvgIpc) is 2.38. The Morgan fingerprint density at radius 1 is 1.50 bits per heavy atom. The van der Waals surface area contributed by atoms with Gasteiger partial charge in [-0.05, 0) is 31.4 Å². The van der Waals surface area contributed by atoms with Crippen LogP contribution < -0.4 is 10.6 Å². The van der Waals surface area contributed by atoms with Crippen molar-refractivity contribution in [1.82, 2.24) is 4.98 Å². The number of carbonyl (C=O) groups excluding carboxylic acids is 1. The Labute approximate surface area is 107 Å². The number of ether oxygens (including phenoxy) is 1. The second-order valence-electron chi connectivity index (χ2n) is 4.68. The minimum Gasteiger partial charge on any atom is -0.469 e. The van der Waals surface area contributed by atoms with Gasteiger partial charge in [-0.1, -0.05) is 0 Å². The molecule has 0 aromatic carbocycles. The predicted octanol–water partition coefficient (Wildman–Crippen LogP) is 1.36. The first kappa shape index (κ1) is 12.7. The van der Waals surface area contributed by atoms with Crippen LogP contribution in [0.4, 0.5) is 11.5 Å². The van der Waals surface area contributed by atoms with Crippen molar-refractivity contribution in [3.8, 4) is 0 Å². The molecule has 5 nitrogen and oxygen atoms in total. The smallest absolute Gasteiger partial charge is 0.308 e. The molecule has 0 atom stereocenters. The molecule has 2 heterocycles. The molecule has 98 valence electrons. The molecule has 2 N–H and O–H groups in total. The van der Waals surface area contributed by atoms with E-state index < -0.39 is 0 Å². The monoisotopic (exact) mass is 249 g/mol. The lowest BCUT2D eigenvalue weighted by Crippen LogP contribution is -2.37. The van der Waals surface area contributed by atoms with E-state index >= 15 is 0 Å². The number of hydrogen-bond donors (Lipinski definition) is 1. The van der Waals surface area contributed by atoms with E-state index in [2.05, 4.69) is 9.88 Å². The number of methoxy groups -OCH3 is 1. The topological polar surface area (TPSA) is 68.5 Å². The summed E-state index contributed by atoms with van der Waals surface area (Å²) in [4.78, 5) is 17.8. The number of nitrogens with two attached hydrogens (primary N) is 1. The van der Waals surface area contributed by atoms with Crippen LogP contribution in [0, 0.1) is 12.8 Å². The largest absolute Gasteiger partial charge is 0.469 e. The highest BCUT2D eigenvalue weighted by Gasteiger charge is 2.26. The van der Waals surface area contributed by atoms with Crippen molar-refractivity contribution in [3.05, 3.63) is 17.8 Å². The minimum absolute atomic E-state index is 0.0355. The van der Waals surface area contributed by atoms with Crippen LogP contribution in [-0.2, 0) is 9.53 Å². The minimum atomic E-state index is -0.0956. The van der Waals surface area contributed by atoms with E-state index in [1.807, 2.05) is 19.2 Å². The van der Waals surface area contributed by atoms with Gasteiger partial charge in [-0.3, -0.25) is 4.79 Å². The molecule has 1 fully saturated rings. The van der Waals surface area contributed by atoms with Crippen LogP contribution >= 0.6 is 0 Å². The van der Waals surface area contributed by atoms with E-state index in [0.717, 1.165) is 37.2 Å². The Morgan fingerprint density at radius 2 is 2.17 bits per heavy atom. The van der Waals surface area contributed by atoms with Gasteiger partial charge in [-0.15, -0.1) is 0 Å². The summed E-state index contributed by atoms with van der Waals surface area (Å²) in [6.07, 6.45) is 3.47. The van der Waals surface area contributed by atoms with E-state index in [1.165, 1.54) is 7.11 Å². The average molecular weight is 249 g/mol. The van der Waals surface area contributed by atoms with Crippen LogP contribution in [0.15, 0.2) is 12.3 Å². The quantitative estimate of drug-likeness (QED) is 0.801. The lowest BCUT2D eigenvalue weighted by molar-refractivity contribution is -0.146. The lowest BCUT2D eigenvalue weighted by atomic mass is 9.96. The van der Waals surface area contributed by atoms with Crippen molar-refractivity contribution in [1.29, 1.82) is 0 Å². The SMILES string of the molecule is COC(=O)C1CCN(c2cnc(N)cc2C)CC1. The number of piperidine rings is 1. The summed E-state index contributed by atoms with van der Waals surface area (Å²) < 4.78 is 4.78. The van der Waals surface area contributed by atoms with Gasteiger partial charge >= 0.3 is 5.97 Å². The number of esters is 1. The third-order valence-electron chi connectivity index (χ3n) is 3.47. The summed E-state index contributed by atoms with van der Waals surface area (Å²) in [5, 5.41) is 0. The molecule has 5 heteroatoms. The first-order valence-corrected chi connectivity index (χ1v) is 6.16. The number of hydrogen-bond acceptors (Lipinski definition) is 5. The number of carbonyl (C=O) groups is 1. The van der Waals surface area contributed by atoms with E-state index in [4.69, 9.17) is 10.5 Å². The van der Waals surface area contributed by atoms with Crippen LogP contribution in [0.25, 0.3) is 0 Å². The summed E-state index contributed by atoms with van der Waals surface area (Å²) in [5.74, 6) is 0.482. The lowest BCUT2D eigenvalue weighted by Gasteiger charge is -2.33. The molecule has 1 aliphatic heterocycles. The fourth-order valence-electron chi connectivity index (χ4n) is 2.42. The molecule has 1 aliphatic rings. The van der Waals surface area contributed by atoms with Crippen LogP contribution in [-0.4, -0.2) is 31.2 Å². The van der Waals surface area contributed by atoms with Crippen molar-refractivity contribution in [2.75, 3.05) is 30.8 Å². The zero-order valence-corrected chi connectivity index (χ0v) is 10.8. The molecule has 1 aromatic heterocycles. The summed E-state index contributed by atoms with van der Waals surface area (Å²) in [5.41, 5.74) is 7.87. The highest BCUT2D eigenvalue weighted by Crippen LogP contribution is 2.26. The molecule has 0 saturated carbocycles. The number of anilines is 2. The van der Waals surface area contributed by atoms with Gasteiger partial charge in [0.05, 0.1) is 24.9 Å². The van der Waals surface area contributed by atoms with Crippen molar-refractivity contribution in [3.63, 3.8) is 0 Å². The molecular formula is C13H19N3O2. The van der Waals surface area contributed by atoms with E-state index in [1.54, 1.807) is 0 Å².